The molecule has 2 aromatic rings. The summed E-state index contributed by atoms with van der Waals surface area (Å²) in [5, 5.41) is 4.44. The first-order valence-electron chi connectivity index (χ1n) is 8.65. The Kier molecular flexibility index (Phi) is 7.01. The maximum Gasteiger partial charge on any atom is 0.338 e. The van der Waals surface area contributed by atoms with Gasteiger partial charge in [0.15, 0.2) is 18.2 Å². The number of carbonyl (C=O) groups excluding carboxylic acids is 2. The zero-order chi connectivity index (χ0) is 20.0. The van der Waals surface area contributed by atoms with E-state index in [-0.39, 0.29) is 24.6 Å². The molecule has 0 aliphatic carbocycles. The monoisotopic (exact) mass is 377 g/mol. The number of rotatable bonds is 7. The van der Waals surface area contributed by atoms with Crippen molar-refractivity contribution in [3.05, 3.63) is 65.2 Å². The number of hydrogen-bond donors (Lipinski definition) is 2. The Morgan fingerprint density at radius 2 is 1.70 bits per heavy atom. The molecule has 0 spiro atoms. The third-order valence-corrected chi connectivity index (χ3v) is 3.87. The first kappa shape index (κ1) is 20.5. The molecule has 2 aromatic carbocycles. The molecule has 0 saturated carbocycles. The SMILES string of the molecule is CC(C)OC(=O)c1ccc(NC(=O)C[NH2+][C@H](C)c2ccc(F)c(F)c2)cc1. The molecule has 5 nitrogen and oxygen atoms in total. The van der Waals surface area contributed by atoms with E-state index in [0.29, 0.717) is 16.8 Å². The Balaban J connectivity index is 1.86. The summed E-state index contributed by atoms with van der Waals surface area (Å²) in [5.74, 6) is -2.48. The van der Waals surface area contributed by atoms with Crippen LogP contribution in [0.4, 0.5) is 14.5 Å². The van der Waals surface area contributed by atoms with Crippen LogP contribution in [0.3, 0.4) is 0 Å². The minimum absolute atomic E-state index is 0.108. The number of nitrogens with two attached hydrogens (primary N) is 1. The van der Waals surface area contributed by atoms with Crippen LogP contribution in [0.1, 0.15) is 42.7 Å². The van der Waals surface area contributed by atoms with Crippen LogP contribution in [0, 0.1) is 11.6 Å². The number of halogens is 2. The maximum absolute atomic E-state index is 13.3. The van der Waals surface area contributed by atoms with E-state index in [4.69, 9.17) is 4.74 Å². The van der Waals surface area contributed by atoms with Gasteiger partial charge < -0.3 is 15.4 Å². The van der Waals surface area contributed by atoms with Gasteiger partial charge in [0.25, 0.3) is 5.91 Å². The lowest BCUT2D eigenvalue weighted by Gasteiger charge is -2.12. The van der Waals surface area contributed by atoms with Gasteiger partial charge in [-0.1, -0.05) is 0 Å². The van der Waals surface area contributed by atoms with Crippen LogP contribution in [-0.4, -0.2) is 24.5 Å². The average molecular weight is 377 g/mol. The van der Waals surface area contributed by atoms with Gasteiger partial charge in [-0.3, -0.25) is 4.79 Å². The summed E-state index contributed by atoms with van der Waals surface area (Å²) < 4.78 is 31.4. The highest BCUT2D eigenvalue weighted by molar-refractivity contribution is 5.93. The van der Waals surface area contributed by atoms with E-state index >= 15 is 0 Å². The molecular formula is C20H23F2N2O3+. The van der Waals surface area contributed by atoms with Crippen LogP contribution >= 0.6 is 0 Å². The van der Waals surface area contributed by atoms with Gasteiger partial charge in [0.2, 0.25) is 0 Å². The molecule has 3 N–H and O–H groups in total. The third-order valence-electron chi connectivity index (χ3n) is 3.87. The number of carbonyl (C=O) groups is 2. The van der Waals surface area contributed by atoms with E-state index in [2.05, 4.69) is 5.32 Å². The Morgan fingerprint density at radius 1 is 1.04 bits per heavy atom. The van der Waals surface area contributed by atoms with Gasteiger partial charge in [0.05, 0.1) is 11.7 Å². The summed E-state index contributed by atoms with van der Waals surface area (Å²) in [6.07, 6.45) is -0.205. The summed E-state index contributed by atoms with van der Waals surface area (Å²) in [5.41, 5.74) is 1.55. The number of nitrogens with one attached hydrogen (secondary N) is 1. The minimum atomic E-state index is -0.909. The summed E-state index contributed by atoms with van der Waals surface area (Å²) >= 11 is 0. The average Bonchev–Trinajstić information content (AvgIpc) is 2.62. The van der Waals surface area contributed by atoms with Crippen LogP contribution in [0.25, 0.3) is 0 Å². The molecule has 0 aliphatic heterocycles. The molecule has 0 unspecified atom stereocenters. The molecule has 2 rings (SSSR count). The molecule has 7 heteroatoms. The Bertz CT molecular complexity index is 807. The summed E-state index contributed by atoms with van der Waals surface area (Å²) in [4.78, 5) is 23.8. The van der Waals surface area contributed by atoms with E-state index < -0.39 is 17.6 Å². The molecule has 0 heterocycles. The standard InChI is InChI=1S/C20H22F2N2O3/c1-12(2)27-20(26)14-4-7-16(8-5-14)24-19(25)11-23-13(3)15-6-9-17(21)18(22)10-15/h4-10,12-13,23H,11H2,1-3H3,(H,24,25)/p+1/t13-/m1/s1. The van der Waals surface area contributed by atoms with Crippen LogP contribution < -0.4 is 10.6 Å². The van der Waals surface area contributed by atoms with E-state index in [1.54, 1.807) is 50.4 Å². The fourth-order valence-corrected chi connectivity index (χ4v) is 2.40. The normalized spacial score (nSPS) is 11.9. The van der Waals surface area contributed by atoms with Crippen molar-refractivity contribution in [3.63, 3.8) is 0 Å². The van der Waals surface area contributed by atoms with Gasteiger partial charge in [-0.15, -0.1) is 0 Å². The topological polar surface area (TPSA) is 72.0 Å². The summed E-state index contributed by atoms with van der Waals surface area (Å²) in [6.45, 7) is 5.45. The number of esters is 1. The molecule has 0 saturated heterocycles. The van der Waals surface area contributed by atoms with Crippen molar-refractivity contribution in [2.75, 3.05) is 11.9 Å². The maximum atomic E-state index is 13.3. The summed E-state index contributed by atoms with van der Waals surface area (Å²) in [7, 11) is 0. The van der Waals surface area contributed by atoms with Crippen LogP contribution in [0.2, 0.25) is 0 Å². The second kappa shape index (κ2) is 9.23. The minimum Gasteiger partial charge on any atom is -0.459 e. The molecule has 1 amide bonds. The Hall–Kier alpha value is -2.80. The fourth-order valence-electron chi connectivity index (χ4n) is 2.40. The number of benzene rings is 2. The van der Waals surface area contributed by atoms with E-state index in [1.807, 2.05) is 0 Å². The molecule has 1 atom stereocenters. The van der Waals surface area contributed by atoms with Crippen LogP contribution in [0.15, 0.2) is 42.5 Å². The number of ether oxygens (including phenoxy) is 1. The third kappa shape index (κ3) is 6.14. The summed E-state index contributed by atoms with van der Waals surface area (Å²) in [6, 6.07) is 9.87. The molecular weight excluding hydrogens is 354 g/mol. The lowest BCUT2D eigenvalue weighted by molar-refractivity contribution is -0.682. The lowest BCUT2D eigenvalue weighted by atomic mass is 10.1. The van der Waals surface area contributed by atoms with E-state index in [9.17, 15) is 18.4 Å². The van der Waals surface area contributed by atoms with Gasteiger partial charge in [-0.25, -0.2) is 13.6 Å². The van der Waals surface area contributed by atoms with Crippen molar-refractivity contribution < 1.29 is 28.4 Å². The van der Waals surface area contributed by atoms with Gasteiger partial charge in [-0.05, 0) is 63.2 Å². The van der Waals surface area contributed by atoms with Crippen molar-refractivity contribution in [3.8, 4) is 0 Å². The second-order valence-electron chi connectivity index (χ2n) is 6.48. The molecule has 0 radical (unpaired) electrons. The van der Waals surface area contributed by atoms with Crippen LogP contribution in [-0.2, 0) is 9.53 Å². The van der Waals surface area contributed by atoms with E-state index in [0.717, 1.165) is 12.1 Å². The number of hydrogen-bond acceptors (Lipinski definition) is 3. The lowest BCUT2D eigenvalue weighted by Crippen LogP contribution is -2.86. The number of amides is 1. The van der Waals surface area contributed by atoms with Crippen molar-refractivity contribution in [1.82, 2.24) is 0 Å². The second-order valence-corrected chi connectivity index (χ2v) is 6.48. The van der Waals surface area contributed by atoms with Gasteiger partial charge in [0, 0.05) is 11.3 Å². The van der Waals surface area contributed by atoms with Crippen LogP contribution in [0.5, 0.6) is 0 Å². The van der Waals surface area contributed by atoms with Gasteiger partial charge >= 0.3 is 5.97 Å². The fraction of sp³-hybridized carbons (Fsp3) is 0.300. The first-order valence-corrected chi connectivity index (χ1v) is 8.65. The highest BCUT2D eigenvalue weighted by Crippen LogP contribution is 2.13. The quantitative estimate of drug-likeness (QED) is 0.729. The van der Waals surface area contributed by atoms with E-state index in [1.165, 1.54) is 6.07 Å². The molecule has 144 valence electrons. The number of quaternary nitrogens is 1. The van der Waals surface area contributed by atoms with Gasteiger partial charge in [-0.2, -0.15) is 0 Å². The largest absolute Gasteiger partial charge is 0.459 e. The van der Waals surface area contributed by atoms with Crippen molar-refractivity contribution in [2.24, 2.45) is 0 Å². The molecule has 27 heavy (non-hydrogen) atoms. The predicted molar refractivity (Wildman–Crippen MR) is 97.2 cm³/mol. The van der Waals surface area contributed by atoms with Crippen molar-refractivity contribution >= 4 is 17.6 Å². The van der Waals surface area contributed by atoms with Crippen molar-refractivity contribution in [2.45, 2.75) is 32.9 Å². The molecule has 0 fully saturated rings. The zero-order valence-electron chi connectivity index (χ0n) is 15.5. The first-order chi connectivity index (χ1) is 12.8. The van der Waals surface area contributed by atoms with Gasteiger partial charge in [0.1, 0.15) is 6.04 Å². The van der Waals surface area contributed by atoms with Crippen molar-refractivity contribution in [1.29, 1.82) is 0 Å². The Morgan fingerprint density at radius 3 is 2.30 bits per heavy atom. The Labute approximate surface area is 156 Å². The number of anilines is 1. The highest BCUT2D eigenvalue weighted by Gasteiger charge is 2.14. The molecule has 0 aromatic heterocycles. The molecule has 0 bridgehead atoms. The highest BCUT2D eigenvalue weighted by atomic mass is 19.2. The zero-order valence-corrected chi connectivity index (χ0v) is 15.5. The predicted octanol–water partition coefficient (Wildman–Crippen LogP) is 2.79. The smallest absolute Gasteiger partial charge is 0.338 e. The molecule has 0 aliphatic rings.